The summed E-state index contributed by atoms with van der Waals surface area (Å²) in [5, 5.41) is 0.572. The highest BCUT2D eigenvalue weighted by atomic mass is 35.5. The Balaban J connectivity index is 2.33. The van der Waals surface area contributed by atoms with Crippen molar-refractivity contribution in [3.63, 3.8) is 0 Å². The fourth-order valence-electron chi connectivity index (χ4n) is 2.25. The van der Waals surface area contributed by atoms with Gasteiger partial charge in [-0.2, -0.15) is 4.31 Å². The molecule has 1 aliphatic heterocycles. The number of hydrogen-bond acceptors (Lipinski definition) is 3. The summed E-state index contributed by atoms with van der Waals surface area (Å²) < 4.78 is 32.2. The van der Waals surface area contributed by atoms with Gasteiger partial charge in [0.1, 0.15) is 0 Å². The van der Waals surface area contributed by atoms with Gasteiger partial charge in [0.2, 0.25) is 10.0 Å². The first-order valence-corrected chi connectivity index (χ1v) is 8.04. The van der Waals surface area contributed by atoms with E-state index in [1.807, 2.05) is 13.8 Å². The molecule has 0 N–H and O–H groups in total. The Bertz CT molecular complexity index is 563. The Morgan fingerprint density at radius 1 is 1.26 bits per heavy atom. The van der Waals surface area contributed by atoms with E-state index in [0.717, 1.165) is 5.56 Å². The molecule has 6 heteroatoms. The second-order valence-corrected chi connectivity index (χ2v) is 7.34. The van der Waals surface area contributed by atoms with Gasteiger partial charge in [0.15, 0.2) is 0 Å². The van der Waals surface area contributed by atoms with Crippen molar-refractivity contribution in [1.82, 2.24) is 4.31 Å². The normalized spacial score (nSPS) is 25.5. The van der Waals surface area contributed by atoms with Gasteiger partial charge in [-0.25, -0.2) is 8.42 Å². The molecule has 0 bridgehead atoms. The highest BCUT2D eigenvalue weighted by Crippen LogP contribution is 2.24. The number of rotatable bonds is 2. The minimum absolute atomic E-state index is 0.0908. The van der Waals surface area contributed by atoms with E-state index in [0.29, 0.717) is 18.1 Å². The molecule has 0 radical (unpaired) electrons. The van der Waals surface area contributed by atoms with Gasteiger partial charge in [-0.1, -0.05) is 11.6 Å². The van der Waals surface area contributed by atoms with Gasteiger partial charge >= 0.3 is 0 Å². The van der Waals surface area contributed by atoms with Gasteiger partial charge in [-0.15, -0.1) is 0 Å². The molecule has 0 saturated carbocycles. The molecule has 1 aliphatic rings. The van der Waals surface area contributed by atoms with Crippen LogP contribution in [0.2, 0.25) is 5.02 Å². The van der Waals surface area contributed by atoms with E-state index >= 15 is 0 Å². The van der Waals surface area contributed by atoms with Crippen LogP contribution in [-0.2, 0) is 14.8 Å². The number of aryl methyl sites for hydroxylation is 1. The summed E-state index contributed by atoms with van der Waals surface area (Å²) in [6.45, 7) is 6.32. The van der Waals surface area contributed by atoms with Crippen molar-refractivity contribution in [1.29, 1.82) is 0 Å². The van der Waals surface area contributed by atoms with Crippen molar-refractivity contribution in [2.45, 2.75) is 37.9 Å². The van der Waals surface area contributed by atoms with Crippen molar-refractivity contribution < 1.29 is 13.2 Å². The third kappa shape index (κ3) is 3.11. The van der Waals surface area contributed by atoms with Crippen LogP contribution in [0.3, 0.4) is 0 Å². The summed E-state index contributed by atoms with van der Waals surface area (Å²) in [7, 11) is -3.47. The molecule has 1 heterocycles. The molecule has 0 spiro atoms. The Morgan fingerprint density at radius 3 is 2.37 bits per heavy atom. The molecule has 1 saturated heterocycles. The van der Waals surface area contributed by atoms with Gasteiger partial charge in [-0.05, 0) is 44.5 Å². The van der Waals surface area contributed by atoms with E-state index in [4.69, 9.17) is 16.3 Å². The van der Waals surface area contributed by atoms with Gasteiger partial charge < -0.3 is 4.74 Å². The van der Waals surface area contributed by atoms with Crippen molar-refractivity contribution in [3.8, 4) is 0 Å². The lowest BCUT2D eigenvalue weighted by Gasteiger charge is -2.34. The summed E-state index contributed by atoms with van der Waals surface area (Å²) in [5.74, 6) is 0. The monoisotopic (exact) mass is 303 g/mol. The quantitative estimate of drug-likeness (QED) is 0.843. The molecule has 2 atom stereocenters. The highest BCUT2D eigenvalue weighted by molar-refractivity contribution is 7.89. The highest BCUT2D eigenvalue weighted by Gasteiger charge is 2.32. The molecule has 1 fully saturated rings. The molecule has 0 amide bonds. The molecule has 2 rings (SSSR count). The molecule has 1 aromatic rings. The molecule has 0 aliphatic carbocycles. The predicted molar refractivity (Wildman–Crippen MR) is 75.0 cm³/mol. The maximum Gasteiger partial charge on any atom is 0.243 e. The summed E-state index contributed by atoms with van der Waals surface area (Å²) in [6.07, 6.45) is -0.182. The Morgan fingerprint density at radius 2 is 1.84 bits per heavy atom. The van der Waals surface area contributed by atoms with Crippen LogP contribution in [0.25, 0.3) is 0 Å². The number of ether oxygens (including phenoxy) is 1. The van der Waals surface area contributed by atoms with Crippen molar-refractivity contribution in [2.24, 2.45) is 0 Å². The number of hydrogen-bond donors (Lipinski definition) is 0. The van der Waals surface area contributed by atoms with Crippen LogP contribution < -0.4 is 0 Å². The standard InChI is InChI=1S/C13H18ClNO3S/c1-9-6-12(4-5-13(9)14)19(16,17)15-7-10(2)18-11(3)8-15/h4-6,10-11H,7-8H2,1-3H3/t10-,11-/m0/s1. The Kier molecular flexibility index (Phi) is 4.20. The van der Waals surface area contributed by atoms with Crippen molar-refractivity contribution >= 4 is 21.6 Å². The second-order valence-electron chi connectivity index (χ2n) is 4.99. The summed E-state index contributed by atoms with van der Waals surface area (Å²) in [4.78, 5) is 0.288. The molecule has 0 unspecified atom stereocenters. The first kappa shape index (κ1) is 14.8. The van der Waals surface area contributed by atoms with Crippen LogP contribution >= 0.6 is 11.6 Å². The van der Waals surface area contributed by atoms with E-state index in [1.165, 1.54) is 4.31 Å². The summed E-state index contributed by atoms with van der Waals surface area (Å²) >= 11 is 5.93. The maximum absolute atomic E-state index is 12.6. The smallest absolute Gasteiger partial charge is 0.243 e. The minimum Gasteiger partial charge on any atom is -0.373 e. The molecular formula is C13H18ClNO3S. The lowest BCUT2D eigenvalue weighted by atomic mass is 10.2. The average molecular weight is 304 g/mol. The summed E-state index contributed by atoms with van der Waals surface area (Å²) in [5.41, 5.74) is 0.761. The zero-order valence-corrected chi connectivity index (χ0v) is 12.8. The minimum atomic E-state index is -3.47. The zero-order chi connectivity index (χ0) is 14.2. The molecule has 1 aromatic carbocycles. The van der Waals surface area contributed by atoms with Gasteiger partial charge in [-0.3, -0.25) is 0 Å². The Labute approximate surface area is 119 Å². The molecular weight excluding hydrogens is 286 g/mol. The van der Waals surface area contributed by atoms with Gasteiger partial charge in [0.05, 0.1) is 17.1 Å². The van der Waals surface area contributed by atoms with Crippen LogP contribution in [0.5, 0.6) is 0 Å². The largest absolute Gasteiger partial charge is 0.373 e. The first-order valence-electron chi connectivity index (χ1n) is 6.22. The van der Waals surface area contributed by atoms with Crippen molar-refractivity contribution in [2.75, 3.05) is 13.1 Å². The lowest BCUT2D eigenvalue weighted by Crippen LogP contribution is -2.48. The topological polar surface area (TPSA) is 46.6 Å². The number of sulfonamides is 1. The van der Waals surface area contributed by atoms with E-state index in [9.17, 15) is 8.42 Å². The predicted octanol–water partition coefficient (Wildman–Crippen LogP) is 2.45. The van der Waals surface area contributed by atoms with E-state index in [-0.39, 0.29) is 17.1 Å². The van der Waals surface area contributed by atoms with Crippen LogP contribution in [0.4, 0.5) is 0 Å². The number of morpholine rings is 1. The van der Waals surface area contributed by atoms with Gasteiger partial charge in [0, 0.05) is 18.1 Å². The first-order chi connectivity index (χ1) is 8.80. The van der Waals surface area contributed by atoms with Crippen LogP contribution in [-0.4, -0.2) is 38.0 Å². The van der Waals surface area contributed by atoms with Crippen LogP contribution in [0, 0.1) is 6.92 Å². The fraction of sp³-hybridized carbons (Fsp3) is 0.538. The molecule has 106 valence electrons. The van der Waals surface area contributed by atoms with E-state index in [1.54, 1.807) is 25.1 Å². The van der Waals surface area contributed by atoms with E-state index in [2.05, 4.69) is 0 Å². The zero-order valence-electron chi connectivity index (χ0n) is 11.3. The van der Waals surface area contributed by atoms with Crippen LogP contribution in [0.1, 0.15) is 19.4 Å². The second kappa shape index (κ2) is 5.40. The lowest BCUT2D eigenvalue weighted by molar-refractivity contribution is -0.0440. The maximum atomic E-state index is 12.6. The van der Waals surface area contributed by atoms with E-state index < -0.39 is 10.0 Å². The third-order valence-corrected chi connectivity index (χ3v) is 5.41. The SMILES string of the molecule is Cc1cc(S(=O)(=O)N2C[C@H](C)O[C@@H](C)C2)ccc1Cl. The average Bonchev–Trinajstić information content (AvgIpc) is 2.31. The van der Waals surface area contributed by atoms with Crippen LogP contribution in [0.15, 0.2) is 23.1 Å². The number of nitrogens with zero attached hydrogens (tertiary/aromatic N) is 1. The molecule has 19 heavy (non-hydrogen) atoms. The Hall–Kier alpha value is -0.620. The van der Waals surface area contributed by atoms with Crippen molar-refractivity contribution in [3.05, 3.63) is 28.8 Å². The third-order valence-electron chi connectivity index (χ3n) is 3.15. The molecule has 4 nitrogen and oxygen atoms in total. The van der Waals surface area contributed by atoms with Gasteiger partial charge in [0.25, 0.3) is 0 Å². The number of benzene rings is 1. The summed E-state index contributed by atoms with van der Waals surface area (Å²) in [6, 6.07) is 4.79. The molecule has 0 aromatic heterocycles. The fourth-order valence-corrected chi connectivity index (χ4v) is 4.05. The number of halogens is 1.